The summed E-state index contributed by atoms with van der Waals surface area (Å²) < 4.78 is 16.3. The maximum absolute atomic E-state index is 12.3. The maximum Gasteiger partial charge on any atom is 0.238 e. The van der Waals surface area contributed by atoms with Gasteiger partial charge in [-0.2, -0.15) is 0 Å². The van der Waals surface area contributed by atoms with Gasteiger partial charge >= 0.3 is 0 Å². The molecule has 8 heteroatoms. The van der Waals surface area contributed by atoms with E-state index in [2.05, 4.69) is 10.6 Å². The number of hydrogen-bond donors (Lipinski definition) is 2. The van der Waals surface area contributed by atoms with Crippen LogP contribution in [0.5, 0.6) is 17.2 Å². The molecule has 29 heavy (non-hydrogen) atoms. The molecule has 8 nitrogen and oxygen atoms in total. The van der Waals surface area contributed by atoms with Gasteiger partial charge in [0.15, 0.2) is 11.5 Å². The van der Waals surface area contributed by atoms with Crippen LogP contribution in [0.25, 0.3) is 0 Å². The highest BCUT2D eigenvalue weighted by molar-refractivity contribution is 5.94. The molecule has 0 unspecified atom stereocenters. The largest absolute Gasteiger partial charge is 0.497 e. The van der Waals surface area contributed by atoms with Crippen molar-refractivity contribution >= 4 is 23.2 Å². The molecule has 2 aromatic carbocycles. The molecule has 1 aliphatic heterocycles. The normalized spacial score (nSPS) is 12.8. The number of anilines is 2. The van der Waals surface area contributed by atoms with Crippen molar-refractivity contribution in [1.82, 2.24) is 4.90 Å². The fourth-order valence-corrected chi connectivity index (χ4v) is 2.86. The topological polar surface area (TPSA) is 89.1 Å². The number of methoxy groups -OCH3 is 1. The first kappa shape index (κ1) is 20.5. The Bertz CT molecular complexity index is 854. The lowest BCUT2D eigenvalue weighted by Crippen LogP contribution is -2.36. The number of benzene rings is 2. The van der Waals surface area contributed by atoms with E-state index in [0.717, 1.165) is 6.42 Å². The number of likely N-dealkylation sites (N-methyl/N-ethyl adjacent to an activating group) is 1. The van der Waals surface area contributed by atoms with E-state index in [1.807, 2.05) is 0 Å². The van der Waals surface area contributed by atoms with Crippen LogP contribution in [0, 0.1) is 0 Å². The highest BCUT2D eigenvalue weighted by atomic mass is 16.5. The van der Waals surface area contributed by atoms with Gasteiger partial charge in [0, 0.05) is 23.9 Å². The van der Waals surface area contributed by atoms with E-state index in [1.165, 1.54) is 0 Å². The van der Waals surface area contributed by atoms with Crippen LogP contribution in [0.15, 0.2) is 42.5 Å². The molecular weight excluding hydrogens is 374 g/mol. The second-order valence-corrected chi connectivity index (χ2v) is 6.71. The summed E-state index contributed by atoms with van der Waals surface area (Å²) in [5.74, 6) is 1.58. The molecule has 0 atom stereocenters. The van der Waals surface area contributed by atoms with E-state index in [-0.39, 0.29) is 24.9 Å². The van der Waals surface area contributed by atoms with Crippen LogP contribution in [-0.4, -0.2) is 57.2 Å². The van der Waals surface area contributed by atoms with Crippen LogP contribution >= 0.6 is 0 Å². The van der Waals surface area contributed by atoms with Gasteiger partial charge in [0.05, 0.1) is 33.4 Å². The lowest BCUT2D eigenvalue weighted by molar-refractivity contribution is -0.119. The zero-order valence-corrected chi connectivity index (χ0v) is 16.6. The van der Waals surface area contributed by atoms with E-state index in [9.17, 15) is 9.59 Å². The number of rotatable bonds is 7. The molecule has 0 bridgehead atoms. The molecule has 0 aliphatic carbocycles. The Morgan fingerprint density at radius 1 is 0.931 bits per heavy atom. The molecule has 1 aliphatic rings. The molecule has 3 rings (SSSR count). The van der Waals surface area contributed by atoms with Crippen LogP contribution in [-0.2, 0) is 9.59 Å². The Balaban J connectivity index is 1.47. The van der Waals surface area contributed by atoms with Crippen molar-refractivity contribution in [1.29, 1.82) is 0 Å². The van der Waals surface area contributed by atoms with E-state index < -0.39 is 0 Å². The lowest BCUT2D eigenvalue weighted by Gasteiger charge is -2.16. The second kappa shape index (κ2) is 9.79. The average molecular weight is 399 g/mol. The number of fused-ring (bicyclic) bond motifs is 1. The van der Waals surface area contributed by atoms with Crippen molar-refractivity contribution in [3.8, 4) is 17.2 Å². The smallest absolute Gasteiger partial charge is 0.238 e. The Hall–Kier alpha value is -3.26. The van der Waals surface area contributed by atoms with Crippen molar-refractivity contribution < 1.29 is 23.8 Å². The van der Waals surface area contributed by atoms with E-state index in [0.29, 0.717) is 41.8 Å². The van der Waals surface area contributed by atoms with E-state index >= 15 is 0 Å². The van der Waals surface area contributed by atoms with E-state index in [1.54, 1.807) is 61.5 Å². The van der Waals surface area contributed by atoms with Gasteiger partial charge in [0.1, 0.15) is 5.75 Å². The number of ether oxygens (including phenoxy) is 3. The third-order valence-electron chi connectivity index (χ3n) is 4.23. The van der Waals surface area contributed by atoms with Crippen molar-refractivity contribution in [3.05, 3.63) is 42.5 Å². The molecule has 0 aromatic heterocycles. The molecule has 0 saturated carbocycles. The molecule has 0 saturated heterocycles. The zero-order valence-electron chi connectivity index (χ0n) is 16.6. The van der Waals surface area contributed by atoms with Crippen molar-refractivity contribution in [2.24, 2.45) is 0 Å². The van der Waals surface area contributed by atoms with Crippen LogP contribution < -0.4 is 24.8 Å². The Morgan fingerprint density at radius 2 is 1.52 bits per heavy atom. The number of hydrogen-bond acceptors (Lipinski definition) is 6. The molecule has 0 spiro atoms. The van der Waals surface area contributed by atoms with Gasteiger partial charge in [-0.15, -0.1) is 0 Å². The molecule has 2 amide bonds. The summed E-state index contributed by atoms with van der Waals surface area (Å²) in [6.07, 6.45) is 0.819. The van der Waals surface area contributed by atoms with Crippen molar-refractivity contribution in [2.75, 3.05) is 51.1 Å². The second-order valence-electron chi connectivity index (χ2n) is 6.71. The Labute approximate surface area is 169 Å². The van der Waals surface area contributed by atoms with Crippen LogP contribution in [0.2, 0.25) is 0 Å². The highest BCUT2D eigenvalue weighted by Gasteiger charge is 2.14. The predicted molar refractivity (Wildman–Crippen MR) is 110 cm³/mol. The molecule has 0 fully saturated rings. The molecule has 154 valence electrons. The third kappa shape index (κ3) is 6.11. The maximum atomic E-state index is 12.3. The first-order chi connectivity index (χ1) is 14.0. The van der Waals surface area contributed by atoms with Gasteiger partial charge in [-0.3, -0.25) is 14.5 Å². The summed E-state index contributed by atoms with van der Waals surface area (Å²) in [5, 5.41) is 5.61. The van der Waals surface area contributed by atoms with Crippen molar-refractivity contribution in [3.63, 3.8) is 0 Å². The average Bonchev–Trinajstić information content (AvgIpc) is 2.93. The summed E-state index contributed by atoms with van der Waals surface area (Å²) in [7, 11) is 3.29. The first-order valence-electron chi connectivity index (χ1n) is 9.35. The molecule has 1 heterocycles. The van der Waals surface area contributed by atoms with Crippen LogP contribution in [0.3, 0.4) is 0 Å². The van der Waals surface area contributed by atoms with Gasteiger partial charge in [0.25, 0.3) is 0 Å². The summed E-state index contributed by atoms with van der Waals surface area (Å²) in [6.45, 7) is 1.35. The summed E-state index contributed by atoms with van der Waals surface area (Å²) in [4.78, 5) is 26.1. The number of nitrogens with zero attached hydrogens (tertiary/aromatic N) is 1. The number of carbonyl (C=O) groups excluding carboxylic acids is 2. The van der Waals surface area contributed by atoms with Gasteiger partial charge in [-0.25, -0.2) is 0 Å². The zero-order chi connectivity index (χ0) is 20.6. The predicted octanol–water partition coefficient (Wildman–Crippen LogP) is 2.37. The number of nitrogens with one attached hydrogen (secondary N) is 2. The van der Waals surface area contributed by atoms with Gasteiger partial charge in [-0.1, -0.05) is 0 Å². The van der Waals surface area contributed by atoms with Crippen LogP contribution in [0.1, 0.15) is 6.42 Å². The van der Waals surface area contributed by atoms with Gasteiger partial charge in [0.2, 0.25) is 11.8 Å². The quantitative estimate of drug-likeness (QED) is 0.743. The minimum absolute atomic E-state index is 0.0739. The molecule has 0 radical (unpaired) electrons. The minimum Gasteiger partial charge on any atom is -0.497 e. The molecule has 2 N–H and O–H groups in total. The Morgan fingerprint density at radius 3 is 2.17 bits per heavy atom. The lowest BCUT2D eigenvalue weighted by atomic mass is 10.2. The first-order valence-corrected chi connectivity index (χ1v) is 9.35. The minimum atomic E-state index is -0.223. The standard InChI is InChI=1S/C21H25N3O5/c1-24(13-20(25)22-15-4-7-17(27-2)8-5-15)14-21(26)23-16-6-9-18-19(12-16)29-11-3-10-28-18/h4-9,12H,3,10-11,13-14H2,1-2H3,(H,22,25)(H,23,26). The summed E-state index contributed by atoms with van der Waals surface area (Å²) in [5.41, 5.74) is 1.29. The van der Waals surface area contributed by atoms with Gasteiger partial charge < -0.3 is 24.8 Å². The van der Waals surface area contributed by atoms with Crippen LogP contribution in [0.4, 0.5) is 11.4 Å². The highest BCUT2D eigenvalue weighted by Crippen LogP contribution is 2.32. The van der Waals surface area contributed by atoms with Gasteiger partial charge in [-0.05, 0) is 43.4 Å². The molecular formula is C21H25N3O5. The Kier molecular flexibility index (Phi) is 6.91. The van der Waals surface area contributed by atoms with Crippen molar-refractivity contribution in [2.45, 2.75) is 6.42 Å². The van der Waals surface area contributed by atoms with E-state index in [4.69, 9.17) is 14.2 Å². The summed E-state index contributed by atoms with van der Waals surface area (Å²) >= 11 is 0. The molecule has 2 aromatic rings. The fourth-order valence-electron chi connectivity index (χ4n) is 2.86. The third-order valence-corrected chi connectivity index (χ3v) is 4.23. The number of carbonyl (C=O) groups is 2. The monoisotopic (exact) mass is 399 g/mol. The summed E-state index contributed by atoms with van der Waals surface area (Å²) in [6, 6.07) is 12.3. The fraction of sp³-hybridized carbons (Fsp3) is 0.333. The number of amides is 2. The SMILES string of the molecule is COc1ccc(NC(=O)CN(C)CC(=O)Nc2ccc3c(c2)OCCCO3)cc1.